The van der Waals surface area contributed by atoms with Crippen LogP contribution in [0.5, 0.6) is 0 Å². The van der Waals surface area contributed by atoms with E-state index in [9.17, 15) is 0 Å². The van der Waals surface area contributed by atoms with E-state index in [1.54, 1.807) is 0 Å². The highest BCUT2D eigenvalue weighted by atomic mass is 16.8. The highest BCUT2D eigenvalue weighted by molar-refractivity contribution is 5.11. The monoisotopic (exact) mass is 313 g/mol. The van der Waals surface area contributed by atoms with E-state index in [0.29, 0.717) is 6.61 Å². The molecule has 3 aliphatic heterocycles. The van der Waals surface area contributed by atoms with Crippen molar-refractivity contribution in [3.05, 3.63) is 12.7 Å². The van der Waals surface area contributed by atoms with Crippen molar-refractivity contribution in [1.82, 2.24) is 5.32 Å². The maximum absolute atomic E-state index is 6.30. The van der Waals surface area contributed by atoms with Gasteiger partial charge in [-0.3, -0.25) is 5.32 Å². The third kappa shape index (κ3) is 2.52. The second-order valence-corrected chi connectivity index (χ2v) is 6.99. The molecule has 6 nitrogen and oxygen atoms in total. The molecule has 5 atom stereocenters. The molecule has 0 aromatic carbocycles. The third-order valence-corrected chi connectivity index (χ3v) is 4.44. The van der Waals surface area contributed by atoms with Crippen molar-refractivity contribution in [3.8, 4) is 0 Å². The van der Waals surface area contributed by atoms with Crippen molar-refractivity contribution < 1.29 is 23.7 Å². The van der Waals surface area contributed by atoms with Gasteiger partial charge in [0.1, 0.15) is 12.2 Å². The molecule has 5 unspecified atom stereocenters. The second kappa shape index (κ2) is 5.26. The van der Waals surface area contributed by atoms with Crippen LogP contribution in [0.4, 0.5) is 0 Å². The Labute approximate surface area is 132 Å². The van der Waals surface area contributed by atoms with E-state index >= 15 is 0 Å². The minimum absolute atomic E-state index is 0.0956. The average Bonchev–Trinajstić information content (AvgIpc) is 2.98. The first kappa shape index (κ1) is 16.4. The van der Waals surface area contributed by atoms with Gasteiger partial charge in [0.05, 0.1) is 12.5 Å². The second-order valence-electron chi connectivity index (χ2n) is 6.99. The molecule has 0 bridgehead atoms. The first-order valence-electron chi connectivity index (χ1n) is 7.96. The summed E-state index contributed by atoms with van der Waals surface area (Å²) in [4.78, 5) is 0. The van der Waals surface area contributed by atoms with Crippen LogP contribution in [-0.2, 0) is 23.7 Å². The van der Waals surface area contributed by atoms with Crippen molar-refractivity contribution in [2.75, 3.05) is 13.2 Å². The van der Waals surface area contributed by atoms with Crippen molar-refractivity contribution in [2.24, 2.45) is 5.92 Å². The zero-order valence-electron chi connectivity index (χ0n) is 14.0. The highest BCUT2D eigenvalue weighted by Crippen LogP contribution is 2.48. The quantitative estimate of drug-likeness (QED) is 0.798. The summed E-state index contributed by atoms with van der Waals surface area (Å²) in [6.45, 7) is 14.8. The van der Waals surface area contributed by atoms with Gasteiger partial charge < -0.3 is 23.7 Å². The van der Waals surface area contributed by atoms with Crippen LogP contribution in [0, 0.1) is 5.92 Å². The molecule has 0 aromatic heterocycles. The number of nitrogens with one attached hydrogen (secondary N) is 1. The molecule has 0 aliphatic carbocycles. The Morgan fingerprint density at radius 1 is 1.09 bits per heavy atom. The Morgan fingerprint density at radius 3 is 2.36 bits per heavy atom. The van der Waals surface area contributed by atoms with Crippen molar-refractivity contribution in [1.29, 1.82) is 0 Å². The first-order chi connectivity index (χ1) is 10.2. The lowest BCUT2D eigenvalue weighted by Crippen LogP contribution is -2.61. The van der Waals surface area contributed by atoms with E-state index in [4.69, 9.17) is 23.7 Å². The van der Waals surface area contributed by atoms with Gasteiger partial charge in [-0.2, -0.15) is 0 Å². The Balaban J connectivity index is 1.90. The maximum atomic E-state index is 6.30. The van der Waals surface area contributed by atoms with E-state index < -0.39 is 23.6 Å². The fraction of sp³-hybridized carbons (Fsp3) is 0.875. The van der Waals surface area contributed by atoms with Crippen LogP contribution in [0.3, 0.4) is 0 Å². The summed E-state index contributed by atoms with van der Waals surface area (Å²) in [7, 11) is 0. The van der Waals surface area contributed by atoms with E-state index in [1.165, 1.54) is 0 Å². The summed E-state index contributed by atoms with van der Waals surface area (Å²) in [6.07, 6.45) is 0.960. The molecule has 0 aromatic rings. The Bertz CT molecular complexity index is 452. The van der Waals surface area contributed by atoms with Gasteiger partial charge in [0, 0.05) is 0 Å². The molecule has 3 saturated heterocycles. The molecule has 1 N–H and O–H groups in total. The first-order valence-corrected chi connectivity index (χ1v) is 7.96. The molecule has 3 rings (SSSR count). The van der Waals surface area contributed by atoms with Crippen LogP contribution in [0.1, 0.15) is 34.6 Å². The lowest BCUT2D eigenvalue weighted by molar-refractivity contribution is -0.263. The summed E-state index contributed by atoms with van der Waals surface area (Å²) in [6, 6.07) is 0. The van der Waals surface area contributed by atoms with Crippen LogP contribution in [0.25, 0.3) is 0 Å². The van der Waals surface area contributed by atoms with Crippen LogP contribution < -0.4 is 5.32 Å². The molecule has 3 fully saturated rings. The molecule has 0 spiro atoms. The lowest BCUT2D eigenvalue weighted by atomic mass is 9.88. The summed E-state index contributed by atoms with van der Waals surface area (Å²) in [5.74, 6) is -1.37. The van der Waals surface area contributed by atoms with Crippen molar-refractivity contribution >= 4 is 0 Å². The molecule has 22 heavy (non-hydrogen) atoms. The standard InChI is InChI=1S/C16H27NO5/c1-7-10-12-13(21-15(5,6)20-12)22-16(10,17-8-2)11-9-18-14(3,4)19-11/h7,10-13,17H,1,8-9H2,2-6H3. The molecule has 6 heteroatoms. The van der Waals surface area contributed by atoms with Gasteiger partial charge >= 0.3 is 0 Å². The Kier molecular flexibility index (Phi) is 3.91. The molecular formula is C16H27NO5. The fourth-order valence-corrected chi connectivity index (χ4v) is 3.65. The van der Waals surface area contributed by atoms with Crippen LogP contribution in [0.2, 0.25) is 0 Å². The molecule has 0 amide bonds. The SMILES string of the molecule is C=CC1C2OC(C)(C)OC2OC1(NCC)C1COC(C)(C)O1. The molecule has 0 saturated carbocycles. The summed E-state index contributed by atoms with van der Waals surface area (Å²) in [5, 5.41) is 3.44. The number of ether oxygens (including phenoxy) is 5. The molecule has 0 radical (unpaired) electrons. The van der Waals surface area contributed by atoms with Gasteiger partial charge in [-0.25, -0.2) is 0 Å². The zero-order chi connectivity index (χ0) is 16.2. The van der Waals surface area contributed by atoms with E-state index in [1.807, 2.05) is 40.7 Å². The van der Waals surface area contributed by atoms with Gasteiger partial charge in [0.25, 0.3) is 0 Å². The smallest absolute Gasteiger partial charge is 0.190 e. The molecule has 3 heterocycles. The maximum Gasteiger partial charge on any atom is 0.190 e. The average molecular weight is 313 g/mol. The predicted molar refractivity (Wildman–Crippen MR) is 79.9 cm³/mol. The Hall–Kier alpha value is -0.500. The van der Waals surface area contributed by atoms with Gasteiger partial charge in [0.2, 0.25) is 0 Å². The minimum atomic E-state index is -0.754. The zero-order valence-corrected chi connectivity index (χ0v) is 14.0. The number of fused-ring (bicyclic) bond motifs is 1. The van der Waals surface area contributed by atoms with Gasteiger partial charge in [0.15, 0.2) is 23.6 Å². The van der Waals surface area contributed by atoms with Gasteiger partial charge in [-0.15, -0.1) is 6.58 Å². The van der Waals surface area contributed by atoms with Crippen LogP contribution in [-0.4, -0.2) is 48.9 Å². The van der Waals surface area contributed by atoms with E-state index in [2.05, 4.69) is 11.9 Å². The number of likely N-dealkylation sites (N-methyl/N-ethyl adjacent to an activating group) is 1. The highest BCUT2D eigenvalue weighted by Gasteiger charge is 2.65. The summed E-state index contributed by atoms with van der Waals surface area (Å²) in [5.41, 5.74) is -0.754. The summed E-state index contributed by atoms with van der Waals surface area (Å²) < 4.78 is 30.0. The van der Waals surface area contributed by atoms with E-state index in [-0.39, 0.29) is 18.1 Å². The summed E-state index contributed by atoms with van der Waals surface area (Å²) >= 11 is 0. The van der Waals surface area contributed by atoms with Crippen LogP contribution in [0.15, 0.2) is 12.7 Å². The van der Waals surface area contributed by atoms with Gasteiger partial charge in [-0.05, 0) is 34.2 Å². The number of hydrogen-bond donors (Lipinski definition) is 1. The number of rotatable bonds is 4. The van der Waals surface area contributed by atoms with E-state index in [0.717, 1.165) is 6.54 Å². The van der Waals surface area contributed by atoms with Gasteiger partial charge in [-0.1, -0.05) is 13.0 Å². The lowest BCUT2D eigenvalue weighted by Gasteiger charge is -2.40. The fourth-order valence-electron chi connectivity index (χ4n) is 3.65. The van der Waals surface area contributed by atoms with Crippen molar-refractivity contribution in [3.63, 3.8) is 0 Å². The van der Waals surface area contributed by atoms with Crippen molar-refractivity contribution in [2.45, 2.75) is 70.4 Å². The topological polar surface area (TPSA) is 58.2 Å². The Morgan fingerprint density at radius 2 is 1.82 bits per heavy atom. The molecule has 3 aliphatic rings. The predicted octanol–water partition coefficient (Wildman–Crippen LogP) is 1.75. The molecule has 126 valence electrons. The largest absolute Gasteiger partial charge is 0.348 e. The van der Waals surface area contributed by atoms with Crippen LogP contribution >= 0.6 is 0 Å². The third-order valence-electron chi connectivity index (χ3n) is 4.44. The molecular weight excluding hydrogens is 286 g/mol. The normalized spacial score (nSPS) is 45.9. The minimum Gasteiger partial charge on any atom is -0.348 e. The number of hydrogen-bond acceptors (Lipinski definition) is 6.